The molecular formula is C19H21N5O2. The summed E-state index contributed by atoms with van der Waals surface area (Å²) in [5.41, 5.74) is 4.36. The Balaban J connectivity index is 1.98. The first kappa shape index (κ1) is 17.6. The van der Waals surface area contributed by atoms with Crippen molar-refractivity contribution in [2.75, 3.05) is 5.32 Å². The maximum atomic E-state index is 12.6. The molecule has 0 aliphatic rings. The third-order valence-corrected chi connectivity index (χ3v) is 4.43. The predicted molar refractivity (Wildman–Crippen MR) is 100 cm³/mol. The number of amides is 1. The molecule has 1 amide bonds. The van der Waals surface area contributed by atoms with E-state index in [1.807, 2.05) is 26.0 Å². The molecule has 3 aromatic rings. The molecule has 0 radical (unpaired) electrons. The van der Waals surface area contributed by atoms with Gasteiger partial charge < -0.3 is 5.32 Å². The Bertz CT molecular complexity index is 1060. The monoisotopic (exact) mass is 351 g/mol. The molecule has 26 heavy (non-hydrogen) atoms. The van der Waals surface area contributed by atoms with Gasteiger partial charge in [-0.1, -0.05) is 6.07 Å². The second-order valence-electron chi connectivity index (χ2n) is 6.44. The van der Waals surface area contributed by atoms with Crippen LogP contribution >= 0.6 is 0 Å². The summed E-state index contributed by atoms with van der Waals surface area (Å²) in [6, 6.07) is 7.26. The molecule has 0 aliphatic carbocycles. The average molecular weight is 351 g/mol. The molecule has 3 rings (SSSR count). The normalized spacial score (nSPS) is 10.8. The molecule has 0 spiro atoms. The van der Waals surface area contributed by atoms with E-state index in [0.717, 1.165) is 11.1 Å². The van der Waals surface area contributed by atoms with Crippen molar-refractivity contribution in [2.45, 2.75) is 34.6 Å². The molecular weight excluding hydrogens is 330 g/mol. The summed E-state index contributed by atoms with van der Waals surface area (Å²) in [5, 5.41) is 7.19. The third-order valence-electron chi connectivity index (χ3n) is 4.43. The molecule has 0 unspecified atom stereocenters. The molecule has 1 aromatic carbocycles. The zero-order valence-electron chi connectivity index (χ0n) is 15.5. The topological polar surface area (TPSA) is 92.7 Å². The molecule has 134 valence electrons. The zero-order valence-corrected chi connectivity index (χ0v) is 15.5. The Kier molecular flexibility index (Phi) is 4.46. The molecule has 2 heterocycles. The van der Waals surface area contributed by atoms with E-state index in [9.17, 15) is 9.59 Å². The van der Waals surface area contributed by atoms with Crippen LogP contribution in [0.1, 0.15) is 38.4 Å². The lowest BCUT2D eigenvalue weighted by atomic mass is 10.1. The predicted octanol–water partition coefficient (Wildman–Crippen LogP) is 2.75. The summed E-state index contributed by atoms with van der Waals surface area (Å²) >= 11 is 0. The lowest BCUT2D eigenvalue weighted by molar-refractivity contribution is 0.102. The van der Waals surface area contributed by atoms with Crippen LogP contribution in [0, 0.1) is 34.6 Å². The van der Waals surface area contributed by atoms with Crippen molar-refractivity contribution in [3.63, 3.8) is 0 Å². The molecule has 0 saturated heterocycles. The van der Waals surface area contributed by atoms with Crippen LogP contribution in [0.3, 0.4) is 0 Å². The minimum absolute atomic E-state index is 0.230. The first-order valence-electron chi connectivity index (χ1n) is 8.29. The maximum absolute atomic E-state index is 12.6. The van der Waals surface area contributed by atoms with Crippen molar-refractivity contribution in [1.82, 2.24) is 19.7 Å². The fourth-order valence-corrected chi connectivity index (χ4v) is 2.55. The Morgan fingerprint density at radius 2 is 1.81 bits per heavy atom. The Labute approximate surface area is 151 Å². The van der Waals surface area contributed by atoms with Crippen molar-refractivity contribution in [1.29, 1.82) is 0 Å². The van der Waals surface area contributed by atoms with Crippen molar-refractivity contribution in [2.24, 2.45) is 0 Å². The number of aryl methyl sites for hydroxylation is 4. The number of hydrogen-bond donors (Lipinski definition) is 2. The van der Waals surface area contributed by atoms with Crippen LogP contribution in [0.15, 0.2) is 29.1 Å². The Morgan fingerprint density at radius 3 is 2.46 bits per heavy atom. The van der Waals surface area contributed by atoms with E-state index in [2.05, 4.69) is 20.4 Å². The van der Waals surface area contributed by atoms with E-state index < -0.39 is 0 Å². The van der Waals surface area contributed by atoms with Crippen LogP contribution in [-0.2, 0) is 0 Å². The molecule has 0 atom stereocenters. The minimum Gasteiger partial charge on any atom is -0.306 e. The van der Waals surface area contributed by atoms with E-state index in [0.29, 0.717) is 28.3 Å². The van der Waals surface area contributed by atoms with Gasteiger partial charge in [-0.2, -0.15) is 9.78 Å². The number of carbonyl (C=O) groups is 1. The van der Waals surface area contributed by atoms with Crippen LogP contribution in [0.2, 0.25) is 0 Å². The highest BCUT2D eigenvalue weighted by atomic mass is 16.1. The van der Waals surface area contributed by atoms with Gasteiger partial charge in [0, 0.05) is 22.9 Å². The molecule has 2 N–H and O–H groups in total. The van der Waals surface area contributed by atoms with E-state index in [4.69, 9.17) is 0 Å². The summed E-state index contributed by atoms with van der Waals surface area (Å²) in [7, 11) is 0. The number of nitrogens with zero attached hydrogens (tertiary/aromatic N) is 3. The second-order valence-corrected chi connectivity index (χ2v) is 6.44. The van der Waals surface area contributed by atoms with Crippen LogP contribution in [0.25, 0.3) is 5.95 Å². The van der Waals surface area contributed by atoms with E-state index in [-0.39, 0.29) is 17.4 Å². The lowest BCUT2D eigenvalue weighted by Gasteiger charge is -2.10. The van der Waals surface area contributed by atoms with Gasteiger partial charge in [-0.3, -0.25) is 14.6 Å². The SMILES string of the molecule is Cc1cc(NC(=O)c2ccc(C)c(C)c2)n(-c2nc(C)c(C)c(=O)[nH]2)n1. The van der Waals surface area contributed by atoms with Crippen molar-refractivity contribution in [3.8, 4) is 5.95 Å². The van der Waals surface area contributed by atoms with Crippen LogP contribution < -0.4 is 10.9 Å². The fourth-order valence-electron chi connectivity index (χ4n) is 2.55. The van der Waals surface area contributed by atoms with Gasteiger partial charge in [0.15, 0.2) is 0 Å². The molecule has 7 heteroatoms. The Hall–Kier alpha value is -3.22. The number of aromatic amines is 1. The number of carbonyl (C=O) groups excluding carboxylic acids is 1. The van der Waals surface area contributed by atoms with Crippen LogP contribution in [0.5, 0.6) is 0 Å². The number of hydrogen-bond acceptors (Lipinski definition) is 4. The number of benzene rings is 1. The van der Waals surface area contributed by atoms with Gasteiger partial charge in [-0.05, 0) is 57.9 Å². The van der Waals surface area contributed by atoms with E-state index >= 15 is 0 Å². The van der Waals surface area contributed by atoms with Gasteiger partial charge in [0.25, 0.3) is 11.5 Å². The van der Waals surface area contributed by atoms with Gasteiger partial charge in [0.2, 0.25) is 5.95 Å². The van der Waals surface area contributed by atoms with Gasteiger partial charge in [0.1, 0.15) is 5.82 Å². The highest BCUT2D eigenvalue weighted by Crippen LogP contribution is 2.17. The molecule has 2 aromatic heterocycles. The number of aromatic nitrogens is 4. The highest BCUT2D eigenvalue weighted by molar-refractivity contribution is 6.04. The van der Waals surface area contributed by atoms with Gasteiger partial charge in [0.05, 0.1) is 5.69 Å². The molecule has 0 bridgehead atoms. The van der Waals surface area contributed by atoms with Gasteiger partial charge in [-0.15, -0.1) is 0 Å². The standard InChI is InChI=1S/C19H21N5O2/c1-10-6-7-15(8-11(10)2)18(26)21-16-9-12(3)23-24(16)19-20-14(5)13(4)17(25)22-19/h6-9H,1-5H3,(H,21,26)(H,20,22,25). The first-order chi connectivity index (χ1) is 12.3. The largest absolute Gasteiger partial charge is 0.306 e. The van der Waals surface area contributed by atoms with Crippen molar-refractivity contribution < 1.29 is 4.79 Å². The number of H-pyrrole nitrogens is 1. The average Bonchev–Trinajstić information content (AvgIpc) is 2.95. The molecule has 0 saturated carbocycles. The highest BCUT2D eigenvalue weighted by Gasteiger charge is 2.15. The summed E-state index contributed by atoms with van der Waals surface area (Å²) in [4.78, 5) is 31.7. The summed E-state index contributed by atoms with van der Waals surface area (Å²) in [6.07, 6.45) is 0. The third kappa shape index (κ3) is 3.28. The Morgan fingerprint density at radius 1 is 1.08 bits per heavy atom. The smallest absolute Gasteiger partial charge is 0.256 e. The van der Waals surface area contributed by atoms with E-state index in [1.54, 1.807) is 32.9 Å². The first-order valence-corrected chi connectivity index (χ1v) is 8.29. The molecule has 7 nitrogen and oxygen atoms in total. The zero-order chi connectivity index (χ0) is 19.0. The number of rotatable bonds is 3. The summed E-state index contributed by atoms with van der Waals surface area (Å²) in [6.45, 7) is 9.24. The maximum Gasteiger partial charge on any atom is 0.256 e. The van der Waals surface area contributed by atoms with Crippen LogP contribution in [0.4, 0.5) is 5.82 Å². The van der Waals surface area contributed by atoms with Crippen molar-refractivity contribution in [3.05, 3.63) is 68.3 Å². The summed E-state index contributed by atoms with van der Waals surface area (Å²) in [5.74, 6) is 0.458. The van der Waals surface area contributed by atoms with Crippen molar-refractivity contribution >= 4 is 11.7 Å². The molecule has 0 aliphatic heterocycles. The van der Waals surface area contributed by atoms with Crippen LogP contribution in [-0.4, -0.2) is 25.7 Å². The number of nitrogens with one attached hydrogen (secondary N) is 2. The van der Waals surface area contributed by atoms with Gasteiger partial charge in [-0.25, -0.2) is 4.98 Å². The number of anilines is 1. The minimum atomic E-state index is -0.250. The fraction of sp³-hybridized carbons (Fsp3) is 0.263. The lowest BCUT2D eigenvalue weighted by Crippen LogP contribution is -2.20. The van der Waals surface area contributed by atoms with Gasteiger partial charge >= 0.3 is 0 Å². The van der Waals surface area contributed by atoms with E-state index in [1.165, 1.54) is 4.68 Å². The quantitative estimate of drug-likeness (QED) is 0.759. The second kappa shape index (κ2) is 6.59. The summed E-state index contributed by atoms with van der Waals surface area (Å²) < 4.78 is 1.43. The molecule has 0 fully saturated rings.